The molecule has 2 aromatic heterocycles. The SMILES string of the molecule is COCCn1c(=O)c2nccnc2n(CCOC)c1=O. The molecule has 0 fully saturated rings. The van der Waals surface area contributed by atoms with Gasteiger partial charge >= 0.3 is 5.69 Å². The van der Waals surface area contributed by atoms with Gasteiger partial charge in [0.25, 0.3) is 5.56 Å². The average molecular weight is 280 g/mol. The van der Waals surface area contributed by atoms with Crippen molar-refractivity contribution in [3.8, 4) is 0 Å². The Morgan fingerprint density at radius 2 is 1.60 bits per heavy atom. The Morgan fingerprint density at radius 1 is 1.00 bits per heavy atom. The van der Waals surface area contributed by atoms with Crippen LogP contribution in [-0.4, -0.2) is 46.5 Å². The molecule has 20 heavy (non-hydrogen) atoms. The highest BCUT2D eigenvalue weighted by atomic mass is 16.5. The molecule has 0 unspecified atom stereocenters. The lowest BCUT2D eigenvalue weighted by atomic mass is 10.4. The lowest BCUT2D eigenvalue weighted by Gasteiger charge is -2.12. The maximum Gasteiger partial charge on any atom is 0.332 e. The van der Waals surface area contributed by atoms with Crippen molar-refractivity contribution in [3.05, 3.63) is 33.2 Å². The van der Waals surface area contributed by atoms with Gasteiger partial charge in [-0.1, -0.05) is 0 Å². The van der Waals surface area contributed by atoms with Crippen LogP contribution in [0.2, 0.25) is 0 Å². The summed E-state index contributed by atoms with van der Waals surface area (Å²) in [6.07, 6.45) is 2.87. The Morgan fingerprint density at radius 3 is 2.25 bits per heavy atom. The van der Waals surface area contributed by atoms with E-state index in [0.29, 0.717) is 13.2 Å². The molecule has 2 rings (SSSR count). The smallest absolute Gasteiger partial charge is 0.332 e. The monoisotopic (exact) mass is 280 g/mol. The first-order valence-electron chi connectivity index (χ1n) is 6.13. The predicted octanol–water partition coefficient (Wildman–Crippen LogP) is -0.754. The van der Waals surface area contributed by atoms with E-state index in [1.807, 2.05) is 0 Å². The summed E-state index contributed by atoms with van der Waals surface area (Å²) in [5, 5.41) is 0. The van der Waals surface area contributed by atoms with Crippen LogP contribution in [0.3, 0.4) is 0 Å². The molecule has 0 aliphatic carbocycles. The van der Waals surface area contributed by atoms with Crippen LogP contribution in [0.1, 0.15) is 0 Å². The van der Waals surface area contributed by atoms with Crippen molar-refractivity contribution in [3.63, 3.8) is 0 Å². The molecular formula is C12H16N4O4. The van der Waals surface area contributed by atoms with E-state index in [2.05, 4.69) is 9.97 Å². The van der Waals surface area contributed by atoms with E-state index in [1.165, 1.54) is 24.1 Å². The zero-order valence-corrected chi connectivity index (χ0v) is 11.4. The standard InChI is InChI=1S/C12H16N4O4/c1-19-7-5-15-10-9(13-3-4-14-10)11(17)16(12(15)18)6-8-20-2/h3-4H,5-8H2,1-2H3. The quantitative estimate of drug-likeness (QED) is 0.691. The zero-order valence-electron chi connectivity index (χ0n) is 11.4. The van der Waals surface area contributed by atoms with Gasteiger partial charge in [0.2, 0.25) is 0 Å². The fraction of sp³-hybridized carbons (Fsp3) is 0.500. The van der Waals surface area contributed by atoms with Crippen LogP contribution in [0, 0.1) is 0 Å². The van der Waals surface area contributed by atoms with Gasteiger partial charge < -0.3 is 9.47 Å². The van der Waals surface area contributed by atoms with Crippen molar-refractivity contribution in [1.82, 2.24) is 19.1 Å². The second-order valence-electron chi connectivity index (χ2n) is 4.11. The maximum absolute atomic E-state index is 12.4. The van der Waals surface area contributed by atoms with Crippen LogP contribution in [0.25, 0.3) is 11.2 Å². The van der Waals surface area contributed by atoms with Crippen LogP contribution in [0.4, 0.5) is 0 Å². The van der Waals surface area contributed by atoms with Crippen LogP contribution < -0.4 is 11.2 Å². The topological polar surface area (TPSA) is 88.2 Å². The Labute approximate surface area is 114 Å². The van der Waals surface area contributed by atoms with Crippen molar-refractivity contribution in [1.29, 1.82) is 0 Å². The summed E-state index contributed by atoms with van der Waals surface area (Å²) >= 11 is 0. The van der Waals surface area contributed by atoms with E-state index in [-0.39, 0.29) is 24.3 Å². The molecule has 0 saturated heterocycles. The first-order chi connectivity index (χ1) is 9.70. The van der Waals surface area contributed by atoms with Gasteiger partial charge in [-0.25, -0.2) is 14.8 Å². The normalized spacial score (nSPS) is 11.1. The number of aromatic nitrogens is 4. The summed E-state index contributed by atoms with van der Waals surface area (Å²) in [5.41, 5.74) is -0.451. The van der Waals surface area contributed by atoms with Gasteiger partial charge in [0.1, 0.15) is 0 Å². The van der Waals surface area contributed by atoms with Crippen molar-refractivity contribution in [2.45, 2.75) is 13.1 Å². The Balaban J connectivity index is 2.68. The van der Waals surface area contributed by atoms with Crippen LogP contribution >= 0.6 is 0 Å². The molecule has 0 radical (unpaired) electrons. The Hall–Kier alpha value is -2.06. The maximum atomic E-state index is 12.4. The molecule has 0 aliphatic rings. The van der Waals surface area contributed by atoms with Crippen molar-refractivity contribution in [2.24, 2.45) is 0 Å². The summed E-state index contributed by atoms with van der Waals surface area (Å²) in [4.78, 5) is 32.7. The summed E-state index contributed by atoms with van der Waals surface area (Å²) in [6, 6.07) is 0. The number of hydrogen-bond donors (Lipinski definition) is 0. The molecular weight excluding hydrogens is 264 g/mol. The van der Waals surface area contributed by atoms with Gasteiger partial charge in [0, 0.05) is 26.6 Å². The summed E-state index contributed by atoms with van der Waals surface area (Å²) < 4.78 is 12.4. The molecule has 0 aromatic carbocycles. The molecule has 0 saturated carbocycles. The molecule has 2 aromatic rings. The third-order valence-corrected chi connectivity index (χ3v) is 2.88. The zero-order chi connectivity index (χ0) is 14.5. The summed E-state index contributed by atoms with van der Waals surface area (Å²) in [7, 11) is 3.05. The van der Waals surface area contributed by atoms with Gasteiger partial charge in [-0.15, -0.1) is 0 Å². The third kappa shape index (κ3) is 2.61. The number of nitrogens with zero attached hydrogens (tertiary/aromatic N) is 4. The number of hydrogen-bond acceptors (Lipinski definition) is 6. The molecule has 8 nitrogen and oxygen atoms in total. The van der Waals surface area contributed by atoms with Gasteiger partial charge in [-0.2, -0.15) is 0 Å². The minimum atomic E-state index is -0.455. The van der Waals surface area contributed by atoms with E-state index in [1.54, 1.807) is 7.11 Å². The molecule has 8 heteroatoms. The van der Waals surface area contributed by atoms with Gasteiger partial charge in [-0.3, -0.25) is 13.9 Å². The van der Waals surface area contributed by atoms with Crippen molar-refractivity contribution < 1.29 is 9.47 Å². The number of rotatable bonds is 6. The first kappa shape index (κ1) is 14.4. The fourth-order valence-corrected chi connectivity index (χ4v) is 1.89. The third-order valence-electron chi connectivity index (χ3n) is 2.88. The number of fused-ring (bicyclic) bond motifs is 1. The first-order valence-corrected chi connectivity index (χ1v) is 6.13. The molecule has 0 amide bonds. The van der Waals surface area contributed by atoms with Gasteiger partial charge in [-0.05, 0) is 0 Å². The predicted molar refractivity (Wildman–Crippen MR) is 71.8 cm³/mol. The van der Waals surface area contributed by atoms with Gasteiger partial charge in [0.15, 0.2) is 11.2 Å². The molecule has 108 valence electrons. The van der Waals surface area contributed by atoms with Gasteiger partial charge in [0.05, 0.1) is 26.3 Å². The van der Waals surface area contributed by atoms with Crippen LogP contribution in [0.5, 0.6) is 0 Å². The summed E-state index contributed by atoms with van der Waals surface area (Å²) in [6.45, 7) is 1.09. The minimum Gasteiger partial charge on any atom is -0.383 e. The lowest BCUT2D eigenvalue weighted by molar-refractivity contribution is 0.179. The van der Waals surface area contributed by atoms with Crippen molar-refractivity contribution in [2.75, 3.05) is 27.4 Å². The molecule has 2 heterocycles. The second-order valence-corrected chi connectivity index (χ2v) is 4.11. The minimum absolute atomic E-state index is 0.166. The average Bonchev–Trinajstić information content (AvgIpc) is 2.47. The Kier molecular flexibility index (Phi) is 4.59. The molecule has 0 aliphatic heterocycles. The van der Waals surface area contributed by atoms with Crippen molar-refractivity contribution >= 4 is 11.2 Å². The van der Waals surface area contributed by atoms with E-state index in [0.717, 1.165) is 4.57 Å². The fourth-order valence-electron chi connectivity index (χ4n) is 1.89. The van der Waals surface area contributed by atoms with Crippen LogP contribution in [-0.2, 0) is 22.6 Å². The second kappa shape index (κ2) is 6.40. The molecule has 0 bridgehead atoms. The summed E-state index contributed by atoms with van der Waals surface area (Å²) in [5.74, 6) is 0. The molecule has 0 N–H and O–H groups in total. The molecule has 0 spiro atoms. The number of ether oxygens (including phenoxy) is 2. The van der Waals surface area contributed by atoms with E-state index < -0.39 is 11.2 Å². The van der Waals surface area contributed by atoms with E-state index >= 15 is 0 Å². The largest absolute Gasteiger partial charge is 0.383 e. The highest BCUT2D eigenvalue weighted by molar-refractivity contribution is 5.68. The van der Waals surface area contributed by atoms with E-state index in [9.17, 15) is 9.59 Å². The highest BCUT2D eigenvalue weighted by Gasteiger charge is 2.14. The lowest BCUT2D eigenvalue weighted by Crippen LogP contribution is -2.42. The van der Waals surface area contributed by atoms with E-state index in [4.69, 9.17) is 9.47 Å². The molecule has 0 atom stereocenters. The number of methoxy groups -OCH3 is 2. The van der Waals surface area contributed by atoms with Crippen LogP contribution in [0.15, 0.2) is 22.0 Å². The Bertz CT molecular complexity index is 707. The highest BCUT2D eigenvalue weighted by Crippen LogP contribution is 2.00.